The lowest BCUT2D eigenvalue weighted by atomic mass is 10.2. The van der Waals surface area contributed by atoms with E-state index >= 15 is 0 Å². The number of aliphatic hydroxyl groups excluding tert-OH is 1. The van der Waals surface area contributed by atoms with E-state index < -0.39 is 11.9 Å². The van der Waals surface area contributed by atoms with Crippen LogP contribution >= 0.6 is 0 Å². The molecule has 0 amide bonds. The molecule has 0 saturated carbocycles. The van der Waals surface area contributed by atoms with Gasteiger partial charge in [-0.25, -0.2) is 4.98 Å². The fourth-order valence-electron chi connectivity index (χ4n) is 3.52. The summed E-state index contributed by atoms with van der Waals surface area (Å²) in [5.74, 6) is 0.466. The zero-order valence-electron chi connectivity index (χ0n) is 15.7. The van der Waals surface area contributed by atoms with Gasteiger partial charge in [0, 0.05) is 26.2 Å². The number of nitrogens with zero attached hydrogens (tertiary/aromatic N) is 3. The Kier molecular flexibility index (Phi) is 5.14. The van der Waals surface area contributed by atoms with Gasteiger partial charge in [0.25, 0.3) is 0 Å². The minimum Gasteiger partial charge on any atom is -0.474 e. The summed E-state index contributed by atoms with van der Waals surface area (Å²) in [7, 11) is 0. The molecular formula is C19H26N4O4. The van der Waals surface area contributed by atoms with Crippen LogP contribution in [0, 0.1) is 0 Å². The third-order valence-electron chi connectivity index (χ3n) is 4.81. The summed E-state index contributed by atoms with van der Waals surface area (Å²) in [6, 6.07) is 7.81. The van der Waals surface area contributed by atoms with E-state index in [1.54, 1.807) is 0 Å². The predicted molar refractivity (Wildman–Crippen MR) is 101 cm³/mol. The molecule has 2 aromatic rings. The average Bonchev–Trinajstić information content (AvgIpc) is 3.00. The maximum absolute atomic E-state index is 9.55. The van der Waals surface area contributed by atoms with Gasteiger partial charge in [-0.2, -0.15) is 4.98 Å². The van der Waals surface area contributed by atoms with E-state index in [1.807, 2.05) is 38.1 Å². The normalized spacial score (nSPS) is 25.1. The van der Waals surface area contributed by atoms with Crippen LogP contribution in [0.15, 0.2) is 24.3 Å². The summed E-state index contributed by atoms with van der Waals surface area (Å²) < 4.78 is 17.6. The molecule has 2 saturated heterocycles. The number of fused-ring (bicyclic) bond motifs is 1. The van der Waals surface area contributed by atoms with Gasteiger partial charge >= 0.3 is 0 Å². The van der Waals surface area contributed by atoms with Gasteiger partial charge < -0.3 is 29.5 Å². The van der Waals surface area contributed by atoms with Crippen molar-refractivity contribution < 1.29 is 19.3 Å². The predicted octanol–water partition coefficient (Wildman–Crippen LogP) is 0.931. The molecule has 0 bridgehead atoms. The van der Waals surface area contributed by atoms with Crippen LogP contribution in [-0.2, 0) is 9.47 Å². The molecule has 2 atom stereocenters. The highest BCUT2D eigenvalue weighted by Crippen LogP contribution is 2.30. The van der Waals surface area contributed by atoms with Crippen molar-refractivity contribution in [2.45, 2.75) is 31.8 Å². The Morgan fingerprint density at radius 1 is 1.19 bits per heavy atom. The Morgan fingerprint density at radius 3 is 2.70 bits per heavy atom. The SMILES string of the molecule is CC1(C)O[C@@H](CO)[C@H](COc2nc(N3CCNCC3)nc3ccccc23)O1. The van der Waals surface area contributed by atoms with E-state index in [1.165, 1.54) is 0 Å². The number of ether oxygens (including phenoxy) is 3. The summed E-state index contributed by atoms with van der Waals surface area (Å²) in [6.45, 7) is 7.33. The van der Waals surface area contributed by atoms with Crippen molar-refractivity contribution in [3.63, 3.8) is 0 Å². The first-order chi connectivity index (χ1) is 13.1. The van der Waals surface area contributed by atoms with Crippen LogP contribution < -0.4 is 15.0 Å². The second-order valence-electron chi connectivity index (χ2n) is 7.29. The van der Waals surface area contributed by atoms with E-state index in [4.69, 9.17) is 19.2 Å². The van der Waals surface area contributed by atoms with E-state index in [0.29, 0.717) is 11.8 Å². The molecule has 0 unspecified atom stereocenters. The molecule has 8 nitrogen and oxygen atoms in total. The van der Waals surface area contributed by atoms with Gasteiger partial charge in [-0.05, 0) is 26.0 Å². The van der Waals surface area contributed by atoms with Crippen molar-refractivity contribution in [2.75, 3.05) is 44.3 Å². The highest BCUT2D eigenvalue weighted by Gasteiger charge is 2.41. The largest absolute Gasteiger partial charge is 0.474 e. The van der Waals surface area contributed by atoms with Crippen molar-refractivity contribution in [1.29, 1.82) is 0 Å². The van der Waals surface area contributed by atoms with Crippen molar-refractivity contribution in [3.05, 3.63) is 24.3 Å². The first-order valence-electron chi connectivity index (χ1n) is 9.37. The van der Waals surface area contributed by atoms with Crippen LogP contribution in [0.2, 0.25) is 0 Å². The van der Waals surface area contributed by atoms with E-state index in [2.05, 4.69) is 15.2 Å². The Bertz CT molecular complexity index is 794. The fourth-order valence-corrected chi connectivity index (χ4v) is 3.52. The van der Waals surface area contributed by atoms with E-state index in [-0.39, 0.29) is 19.3 Å². The molecule has 4 rings (SSSR count). The third-order valence-corrected chi connectivity index (χ3v) is 4.81. The summed E-state index contributed by atoms with van der Waals surface area (Å²) >= 11 is 0. The zero-order valence-corrected chi connectivity index (χ0v) is 15.7. The van der Waals surface area contributed by atoms with E-state index in [0.717, 1.165) is 37.1 Å². The first kappa shape index (κ1) is 18.4. The maximum Gasteiger partial charge on any atom is 0.229 e. The molecule has 1 aromatic carbocycles. The lowest BCUT2D eigenvalue weighted by Crippen LogP contribution is -2.44. The quantitative estimate of drug-likeness (QED) is 0.799. The number of rotatable bonds is 5. The Morgan fingerprint density at radius 2 is 1.93 bits per heavy atom. The van der Waals surface area contributed by atoms with Crippen LogP contribution in [0.3, 0.4) is 0 Å². The second-order valence-corrected chi connectivity index (χ2v) is 7.29. The van der Waals surface area contributed by atoms with Crippen molar-refractivity contribution in [1.82, 2.24) is 15.3 Å². The fraction of sp³-hybridized carbons (Fsp3) is 0.579. The summed E-state index contributed by atoms with van der Waals surface area (Å²) in [5, 5.41) is 13.7. The Balaban J connectivity index is 1.58. The molecule has 0 aliphatic carbocycles. The standard InChI is InChI=1S/C19H26N4O4/c1-19(2)26-15(11-24)16(27-19)12-25-17-13-5-3-4-6-14(13)21-18(22-17)23-9-7-20-8-10-23/h3-6,15-16,20,24H,7-12H2,1-2H3/t15-,16-/m0/s1. The van der Waals surface area contributed by atoms with Gasteiger partial charge in [0.2, 0.25) is 11.8 Å². The Labute approximate surface area is 158 Å². The van der Waals surface area contributed by atoms with Gasteiger partial charge in [0.05, 0.1) is 17.5 Å². The molecule has 2 aliphatic rings. The van der Waals surface area contributed by atoms with Gasteiger partial charge in [-0.1, -0.05) is 12.1 Å². The maximum atomic E-state index is 9.55. The van der Waals surface area contributed by atoms with Gasteiger partial charge in [-0.15, -0.1) is 0 Å². The van der Waals surface area contributed by atoms with Crippen LogP contribution in [-0.4, -0.2) is 72.5 Å². The molecule has 146 valence electrons. The lowest BCUT2D eigenvalue weighted by Gasteiger charge is -2.28. The van der Waals surface area contributed by atoms with Crippen LogP contribution in [0.5, 0.6) is 5.88 Å². The zero-order chi connectivity index (χ0) is 18.9. The number of benzene rings is 1. The smallest absolute Gasteiger partial charge is 0.229 e. The lowest BCUT2D eigenvalue weighted by molar-refractivity contribution is -0.150. The second kappa shape index (κ2) is 7.55. The van der Waals surface area contributed by atoms with Crippen LogP contribution in [0.1, 0.15) is 13.8 Å². The molecule has 1 aromatic heterocycles. The molecule has 0 spiro atoms. The number of nitrogens with one attached hydrogen (secondary N) is 1. The van der Waals surface area contributed by atoms with Gasteiger partial charge in [0.15, 0.2) is 5.79 Å². The Hall–Kier alpha value is -2.00. The van der Waals surface area contributed by atoms with Gasteiger partial charge in [0.1, 0.15) is 18.8 Å². The number of piperazine rings is 1. The minimum atomic E-state index is -0.735. The number of hydrogen-bond donors (Lipinski definition) is 2. The molecule has 27 heavy (non-hydrogen) atoms. The van der Waals surface area contributed by atoms with Crippen molar-refractivity contribution in [3.8, 4) is 5.88 Å². The molecular weight excluding hydrogens is 348 g/mol. The average molecular weight is 374 g/mol. The van der Waals surface area contributed by atoms with Crippen LogP contribution in [0.4, 0.5) is 5.95 Å². The summed E-state index contributed by atoms with van der Waals surface area (Å²) in [4.78, 5) is 11.5. The number of hydrogen-bond acceptors (Lipinski definition) is 8. The minimum absolute atomic E-state index is 0.117. The van der Waals surface area contributed by atoms with Crippen LogP contribution in [0.25, 0.3) is 10.9 Å². The molecule has 2 aliphatic heterocycles. The van der Waals surface area contributed by atoms with E-state index in [9.17, 15) is 5.11 Å². The van der Waals surface area contributed by atoms with Crippen molar-refractivity contribution >= 4 is 16.9 Å². The molecule has 2 N–H and O–H groups in total. The number of aromatic nitrogens is 2. The highest BCUT2D eigenvalue weighted by atomic mass is 16.8. The summed E-state index contributed by atoms with van der Waals surface area (Å²) in [5.41, 5.74) is 0.846. The first-order valence-corrected chi connectivity index (χ1v) is 9.37. The highest BCUT2D eigenvalue weighted by molar-refractivity contribution is 5.84. The third kappa shape index (κ3) is 3.98. The number of anilines is 1. The van der Waals surface area contributed by atoms with Gasteiger partial charge in [-0.3, -0.25) is 0 Å². The topological polar surface area (TPSA) is 89.0 Å². The van der Waals surface area contributed by atoms with Crippen molar-refractivity contribution in [2.24, 2.45) is 0 Å². The molecule has 2 fully saturated rings. The monoisotopic (exact) mass is 374 g/mol. The molecule has 0 radical (unpaired) electrons. The number of para-hydroxylation sites is 1. The number of aliphatic hydroxyl groups is 1. The summed E-state index contributed by atoms with van der Waals surface area (Å²) in [6.07, 6.45) is -0.776. The molecule has 3 heterocycles. The molecule has 8 heteroatoms.